The van der Waals surface area contributed by atoms with E-state index >= 15 is 0 Å². The molecule has 1 aromatic carbocycles. The Labute approximate surface area is 156 Å². The number of aromatic nitrogens is 2. The Bertz CT molecular complexity index is 784. The molecular weight excluding hydrogens is 358 g/mol. The van der Waals surface area contributed by atoms with Gasteiger partial charge in [0.15, 0.2) is 0 Å². The van der Waals surface area contributed by atoms with Crippen molar-refractivity contribution < 1.29 is 14.1 Å². The lowest BCUT2D eigenvalue weighted by molar-refractivity contribution is -0.130. The number of nitrogens with zero attached hydrogens (tertiary/aromatic N) is 4. The summed E-state index contributed by atoms with van der Waals surface area (Å²) in [6.45, 7) is 5.39. The number of benzene rings is 1. The first-order valence-corrected chi connectivity index (χ1v) is 8.72. The fourth-order valence-electron chi connectivity index (χ4n) is 2.69. The van der Waals surface area contributed by atoms with E-state index < -0.39 is 6.04 Å². The molecule has 1 aliphatic heterocycles. The number of nitrogens with one attached hydrogen (secondary N) is 1. The number of rotatable bonds is 3. The summed E-state index contributed by atoms with van der Waals surface area (Å²) in [6.07, 6.45) is 0. The summed E-state index contributed by atoms with van der Waals surface area (Å²) in [5, 5.41) is 7.43. The van der Waals surface area contributed by atoms with Crippen molar-refractivity contribution in [3.8, 4) is 11.4 Å². The summed E-state index contributed by atoms with van der Waals surface area (Å²) in [5.41, 5.74) is 0.781. The lowest BCUT2D eigenvalue weighted by Gasteiger charge is -2.34. The highest BCUT2D eigenvalue weighted by atomic mass is 35.5. The van der Waals surface area contributed by atoms with Gasteiger partial charge in [0.1, 0.15) is 6.04 Å². The lowest BCUT2D eigenvalue weighted by atomic mass is 10.2. The van der Waals surface area contributed by atoms with Crippen molar-refractivity contribution >= 4 is 23.5 Å². The third kappa shape index (κ3) is 4.13. The number of halogens is 1. The second kappa shape index (κ2) is 7.74. The number of piperazine rings is 1. The molecule has 2 heterocycles. The molecule has 3 rings (SSSR count). The SMILES string of the molecule is CC(=O)N1CCN(C(=O)N[C@@H](C)c2nc(-c3ccc(Cl)cc3)no2)CC1. The maximum absolute atomic E-state index is 12.4. The standard InChI is InChI=1S/C17H20ClN5O3/c1-11(19-17(25)23-9-7-22(8-10-23)12(2)24)16-20-15(21-26-16)13-3-5-14(18)6-4-13/h3-6,11H,7-10H2,1-2H3,(H,19,25)/t11-/m0/s1. The van der Waals surface area contributed by atoms with Gasteiger partial charge in [0.2, 0.25) is 17.6 Å². The summed E-state index contributed by atoms with van der Waals surface area (Å²) in [5.74, 6) is 0.789. The number of hydrogen-bond acceptors (Lipinski definition) is 5. The van der Waals surface area contributed by atoms with Gasteiger partial charge in [0.05, 0.1) is 0 Å². The first-order valence-electron chi connectivity index (χ1n) is 8.34. The van der Waals surface area contributed by atoms with E-state index in [0.29, 0.717) is 42.9 Å². The monoisotopic (exact) mass is 377 g/mol. The maximum atomic E-state index is 12.4. The summed E-state index contributed by atoms with van der Waals surface area (Å²) < 4.78 is 5.27. The third-order valence-corrected chi connectivity index (χ3v) is 4.52. The van der Waals surface area contributed by atoms with E-state index in [-0.39, 0.29) is 11.9 Å². The van der Waals surface area contributed by atoms with Crippen LogP contribution in [0.4, 0.5) is 4.79 Å². The molecule has 1 fully saturated rings. The van der Waals surface area contributed by atoms with Gasteiger partial charge < -0.3 is 19.6 Å². The Balaban J connectivity index is 1.58. The van der Waals surface area contributed by atoms with Gasteiger partial charge in [-0.25, -0.2) is 4.79 Å². The van der Waals surface area contributed by atoms with Crippen LogP contribution >= 0.6 is 11.6 Å². The van der Waals surface area contributed by atoms with Crippen LogP contribution < -0.4 is 5.32 Å². The number of carbonyl (C=O) groups excluding carboxylic acids is 2. The second-order valence-corrected chi connectivity index (χ2v) is 6.56. The van der Waals surface area contributed by atoms with E-state index in [4.69, 9.17) is 16.1 Å². The van der Waals surface area contributed by atoms with Gasteiger partial charge in [-0.15, -0.1) is 0 Å². The van der Waals surface area contributed by atoms with Crippen molar-refractivity contribution in [3.63, 3.8) is 0 Å². The maximum Gasteiger partial charge on any atom is 0.318 e. The molecule has 2 aromatic rings. The molecule has 0 aliphatic carbocycles. The highest BCUT2D eigenvalue weighted by molar-refractivity contribution is 6.30. The Morgan fingerprint density at radius 3 is 2.38 bits per heavy atom. The predicted octanol–water partition coefficient (Wildman–Crippen LogP) is 2.32. The molecule has 0 radical (unpaired) electrons. The average molecular weight is 378 g/mol. The molecule has 1 saturated heterocycles. The fourth-order valence-corrected chi connectivity index (χ4v) is 2.82. The van der Waals surface area contributed by atoms with E-state index in [9.17, 15) is 9.59 Å². The average Bonchev–Trinajstić information content (AvgIpc) is 3.12. The number of carbonyl (C=O) groups is 2. The van der Waals surface area contributed by atoms with Crippen molar-refractivity contribution in [1.82, 2.24) is 25.3 Å². The molecule has 1 atom stereocenters. The zero-order valence-electron chi connectivity index (χ0n) is 14.6. The highest BCUT2D eigenvalue weighted by Gasteiger charge is 2.25. The van der Waals surface area contributed by atoms with Crippen LogP contribution in [0.25, 0.3) is 11.4 Å². The Kier molecular flexibility index (Phi) is 5.41. The smallest absolute Gasteiger partial charge is 0.318 e. The fraction of sp³-hybridized carbons (Fsp3) is 0.412. The van der Waals surface area contributed by atoms with Crippen LogP contribution in [0.2, 0.25) is 5.02 Å². The molecule has 8 nitrogen and oxygen atoms in total. The zero-order valence-corrected chi connectivity index (χ0v) is 15.4. The third-order valence-electron chi connectivity index (χ3n) is 4.27. The normalized spacial score (nSPS) is 15.7. The minimum Gasteiger partial charge on any atom is -0.339 e. The first-order chi connectivity index (χ1) is 12.4. The Morgan fingerprint density at radius 2 is 1.77 bits per heavy atom. The summed E-state index contributed by atoms with van der Waals surface area (Å²) in [6, 6.07) is 6.45. The van der Waals surface area contributed by atoms with Crippen molar-refractivity contribution in [2.24, 2.45) is 0 Å². The van der Waals surface area contributed by atoms with Gasteiger partial charge in [-0.1, -0.05) is 16.8 Å². The molecule has 0 bridgehead atoms. The van der Waals surface area contributed by atoms with Crippen LogP contribution in [0.5, 0.6) is 0 Å². The van der Waals surface area contributed by atoms with Crippen molar-refractivity contribution in [2.75, 3.05) is 26.2 Å². The van der Waals surface area contributed by atoms with Crippen LogP contribution in [0.3, 0.4) is 0 Å². The van der Waals surface area contributed by atoms with Crippen molar-refractivity contribution in [1.29, 1.82) is 0 Å². The molecule has 138 valence electrons. The minimum absolute atomic E-state index is 0.0269. The minimum atomic E-state index is -0.429. The molecule has 0 spiro atoms. The van der Waals surface area contributed by atoms with E-state index in [1.807, 2.05) is 0 Å². The highest BCUT2D eigenvalue weighted by Crippen LogP contribution is 2.20. The van der Waals surface area contributed by atoms with Crippen LogP contribution in [-0.2, 0) is 4.79 Å². The Morgan fingerprint density at radius 1 is 1.15 bits per heavy atom. The molecular formula is C17H20ClN5O3. The molecule has 3 amide bonds. The molecule has 0 unspecified atom stereocenters. The first kappa shape index (κ1) is 18.2. The largest absolute Gasteiger partial charge is 0.339 e. The molecule has 9 heteroatoms. The topological polar surface area (TPSA) is 91.6 Å². The van der Waals surface area contributed by atoms with Crippen LogP contribution in [0.15, 0.2) is 28.8 Å². The van der Waals surface area contributed by atoms with Gasteiger partial charge in [0.25, 0.3) is 0 Å². The summed E-state index contributed by atoms with van der Waals surface area (Å²) >= 11 is 5.87. The van der Waals surface area contributed by atoms with E-state index in [1.54, 1.807) is 41.0 Å². The van der Waals surface area contributed by atoms with Crippen LogP contribution in [0.1, 0.15) is 25.8 Å². The quantitative estimate of drug-likeness (QED) is 0.886. The van der Waals surface area contributed by atoms with Crippen LogP contribution in [0, 0.1) is 0 Å². The number of hydrogen-bond donors (Lipinski definition) is 1. The number of urea groups is 1. The summed E-state index contributed by atoms with van der Waals surface area (Å²) in [4.78, 5) is 31.5. The molecule has 1 N–H and O–H groups in total. The second-order valence-electron chi connectivity index (χ2n) is 6.13. The molecule has 0 saturated carbocycles. The predicted molar refractivity (Wildman–Crippen MR) is 95.5 cm³/mol. The van der Waals surface area contributed by atoms with Crippen molar-refractivity contribution in [3.05, 3.63) is 35.2 Å². The van der Waals surface area contributed by atoms with Gasteiger partial charge in [-0.05, 0) is 31.2 Å². The Hall–Kier alpha value is -2.61. The molecule has 26 heavy (non-hydrogen) atoms. The van der Waals surface area contributed by atoms with Gasteiger partial charge >= 0.3 is 6.03 Å². The molecule has 1 aromatic heterocycles. The lowest BCUT2D eigenvalue weighted by Crippen LogP contribution is -2.53. The van der Waals surface area contributed by atoms with Gasteiger partial charge in [-0.2, -0.15) is 4.98 Å². The van der Waals surface area contributed by atoms with Gasteiger partial charge in [-0.3, -0.25) is 4.79 Å². The van der Waals surface area contributed by atoms with Gasteiger partial charge in [0, 0.05) is 43.7 Å². The van der Waals surface area contributed by atoms with E-state index in [2.05, 4.69) is 15.5 Å². The van der Waals surface area contributed by atoms with Crippen molar-refractivity contribution in [2.45, 2.75) is 19.9 Å². The molecule has 1 aliphatic rings. The zero-order chi connectivity index (χ0) is 18.7. The van der Waals surface area contributed by atoms with E-state index in [0.717, 1.165) is 5.56 Å². The van der Waals surface area contributed by atoms with Crippen LogP contribution in [-0.4, -0.2) is 58.1 Å². The number of amides is 3. The van der Waals surface area contributed by atoms with E-state index in [1.165, 1.54) is 6.92 Å². The summed E-state index contributed by atoms with van der Waals surface area (Å²) in [7, 11) is 0.